The number of hydrogen-bond donors (Lipinski definition) is 10. The summed E-state index contributed by atoms with van der Waals surface area (Å²) in [5.41, 5.74) is 6.17. The first kappa shape index (κ1) is 73.4. The minimum Gasteiger partial charge on any atom is -0.354 e. The average Bonchev–Trinajstić information content (AvgIpc) is 1.66. The van der Waals surface area contributed by atoms with Gasteiger partial charge in [-0.2, -0.15) is 0 Å². The Morgan fingerprint density at radius 2 is 0.887 bits per heavy atom. The predicted molar refractivity (Wildman–Crippen MR) is 381 cm³/mol. The number of benzene rings is 5. The Kier molecular flexibility index (Phi) is 29.0. The van der Waals surface area contributed by atoms with Crippen LogP contribution in [0.25, 0.3) is 0 Å². The summed E-state index contributed by atoms with van der Waals surface area (Å²) in [6, 6.07) is 43.1. The number of fused-ring (bicyclic) bond motifs is 2. The molecule has 0 aromatic heterocycles. The van der Waals surface area contributed by atoms with Crippen molar-refractivity contribution >= 4 is 41.4 Å². The molecule has 5 aromatic carbocycles. The molecule has 4 aliphatic heterocycles. The molecule has 4 heterocycles. The molecule has 0 unspecified atom stereocenters. The molecule has 0 aliphatic carbocycles. The maximum atomic E-state index is 14.8. The lowest BCUT2D eigenvalue weighted by atomic mass is 9.90. The van der Waals surface area contributed by atoms with E-state index < -0.39 is 36.3 Å². The zero-order valence-corrected chi connectivity index (χ0v) is 57.7. The molecule has 0 bridgehead atoms. The molecule has 0 radical (unpaired) electrons. The maximum Gasteiger partial charge on any atom is 0.247 e. The summed E-state index contributed by atoms with van der Waals surface area (Å²) < 4.78 is 0. The van der Waals surface area contributed by atoms with Gasteiger partial charge in [0.15, 0.2) is 0 Å². The van der Waals surface area contributed by atoms with Crippen molar-refractivity contribution < 1.29 is 33.6 Å². The summed E-state index contributed by atoms with van der Waals surface area (Å²) >= 11 is 0. The summed E-state index contributed by atoms with van der Waals surface area (Å²) in [4.78, 5) is 103. The predicted octanol–water partition coefficient (Wildman–Crippen LogP) is 7.62. The summed E-state index contributed by atoms with van der Waals surface area (Å²) in [7, 11) is 3.56. The second kappa shape index (κ2) is 38.4. The number of unbranched alkanes of at least 4 members (excludes halogenated alkanes) is 2. The van der Waals surface area contributed by atoms with Gasteiger partial charge in [0.2, 0.25) is 41.4 Å². The van der Waals surface area contributed by atoms with E-state index in [2.05, 4.69) is 119 Å². The Morgan fingerprint density at radius 3 is 1.39 bits per heavy atom. The van der Waals surface area contributed by atoms with Gasteiger partial charge in [0.25, 0.3) is 0 Å². The van der Waals surface area contributed by atoms with Crippen molar-refractivity contribution in [3.63, 3.8) is 0 Å². The zero-order valence-electron chi connectivity index (χ0n) is 57.7. The van der Waals surface area contributed by atoms with Crippen molar-refractivity contribution in [3.8, 4) is 0 Å². The Bertz CT molecular complexity index is 3250. The lowest BCUT2D eigenvalue weighted by molar-refractivity contribution is -0.144. The third-order valence-corrected chi connectivity index (χ3v) is 20.7. The molecule has 19 heteroatoms. The zero-order chi connectivity index (χ0) is 68.3. The van der Waals surface area contributed by atoms with Gasteiger partial charge in [-0.15, -0.1) is 0 Å². The summed E-state index contributed by atoms with van der Waals surface area (Å²) in [5, 5.41) is 32.4. The largest absolute Gasteiger partial charge is 0.354 e. The van der Waals surface area contributed by atoms with Crippen molar-refractivity contribution in [2.75, 3.05) is 46.8 Å². The first-order valence-corrected chi connectivity index (χ1v) is 36.2. The van der Waals surface area contributed by atoms with Gasteiger partial charge in [-0.25, -0.2) is 0 Å². The van der Waals surface area contributed by atoms with E-state index in [4.69, 9.17) is 0 Å². The third-order valence-electron chi connectivity index (χ3n) is 20.7. The number of amides is 7. The number of hydrogen-bond acceptors (Lipinski definition) is 12. The number of rotatable bonds is 36. The van der Waals surface area contributed by atoms with Gasteiger partial charge in [-0.1, -0.05) is 159 Å². The molecule has 0 spiro atoms. The molecule has 4 aliphatic rings. The Hall–Kier alpha value is -7.81. The quantitative estimate of drug-likeness (QED) is 0.0174. The van der Waals surface area contributed by atoms with E-state index >= 15 is 0 Å². The minimum absolute atomic E-state index is 0.0169. The lowest BCUT2D eigenvalue weighted by Crippen LogP contribution is -2.58. The summed E-state index contributed by atoms with van der Waals surface area (Å²) in [6.45, 7) is 8.35. The van der Waals surface area contributed by atoms with Crippen molar-refractivity contribution in [3.05, 3.63) is 179 Å². The Labute approximate surface area is 575 Å². The number of nitrogens with zero attached hydrogens (tertiary/aromatic N) is 2. The fraction of sp³-hybridized carbons (Fsp3) is 0.526. The van der Waals surface area contributed by atoms with Gasteiger partial charge in [0, 0.05) is 50.8 Å². The van der Waals surface area contributed by atoms with Crippen LogP contribution >= 0.6 is 0 Å². The van der Waals surface area contributed by atoms with Crippen molar-refractivity contribution in [1.29, 1.82) is 0 Å². The van der Waals surface area contributed by atoms with Gasteiger partial charge in [-0.05, 0) is 188 Å². The molecular formula is C78H108N12O7. The summed E-state index contributed by atoms with van der Waals surface area (Å²) in [5.74, 6) is -1.50. The molecule has 9 rings (SSSR count). The molecule has 10 N–H and O–H groups in total. The van der Waals surface area contributed by atoms with Crippen LogP contribution in [0, 0.1) is 11.8 Å². The van der Waals surface area contributed by atoms with Crippen LogP contribution in [0.4, 0.5) is 0 Å². The first-order valence-electron chi connectivity index (χ1n) is 36.2. The van der Waals surface area contributed by atoms with Crippen molar-refractivity contribution in [1.82, 2.24) is 63.0 Å². The van der Waals surface area contributed by atoms with Gasteiger partial charge in [-0.3, -0.25) is 38.5 Å². The van der Waals surface area contributed by atoms with E-state index in [9.17, 15) is 33.6 Å². The molecule has 12 atom stereocenters. The van der Waals surface area contributed by atoms with Gasteiger partial charge in [0.05, 0.1) is 18.1 Å². The first-order chi connectivity index (χ1) is 47.3. The topological polar surface area (TPSA) is 246 Å². The number of carbonyl (C=O) groups is 7. The normalized spacial score (nSPS) is 22.1. The number of nitrogens with one attached hydrogen (secondary N) is 10. The van der Waals surface area contributed by atoms with Gasteiger partial charge in [0.1, 0.15) is 24.2 Å². The maximum absolute atomic E-state index is 14.8. The molecule has 5 aromatic rings. The third kappa shape index (κ3) is 21.1. The molecule has 19 nitrogen and oxygen atoms in total. The fourth-order valence-corrected chi connectivity index (χ4v) is 15.1. The minimum atomic E-state index is -0.971. The van der Waals surface area contributed by atoms with Crippen LogP contribution < -0.4 is 53.2 Å². The second-order valence-corrected chi connectivity index (χ2v) is 27.1. The van der Waals surface area contributed by atoms with Crippen LogP contribution in [-0.4, -0.2) is 146 Å². The van der Waals surface area contributed by atoms with E-state index in [1.807, 2.05) is 106 Å². The number of carbonyl (C=O) groups excluding carboxylic acids is 7. The molecule has 4 saturated heterocycles. The van der Waals surface area contributed by atoms with Gasteiger partial charge < -0.3 is 58.1 Å². The Morgan fingerprint density at radius 1 is 0.454 bits per heavy atom. The van der Waals surface area contributed by atoms with Crippen molar-refractivity contribution in [2.45, 2.75) is 203 Å². The fourth-order valence-electron chi connectivity index (χ4n) is 15.1. The van der Waals surface area contributed by atoms with E-state index in [0.717, 1.165) is 89.3 Å². The highest BCUT2D eigenvalue weighted by Gasteiger charge is 2.49. The molecule has 7 amide bonds. The molecule has 0 saturated carbocycles. The van der Waals surface area contributed by atoms with Crippen LogP contribution in [0.15, 0.2) is 146 Å². The van der Waals surface area contributed by atoms with Crippen LogP contribution in [0.3, 0.4) is 0 Å². The number of aryl methyl sites for hydroxylation is 2. The van der Waals surface area contributed by atoms with E-state index in [-0.39, 0.29) is 77.4 Å². The van der Waals surface area contributed by atoms with E-state index in [0.29, 0.717) is 83.2 Å². The standard InChI is InChI=1S/C78H108N12O7/c1-5-64(79-3)72(91)85-66-53-89-62(39-37-58(66)45-49-81-51-56-25-11-7-12-26-56)41-43-67(89)74(93)86-69(59-29-15-9-16-30-59)76(95)83-47-21-19-23-54-33-35-55(36-34-54)24-20-22-48-84-77(96)70(60-31-17-10-18-32-60)87-75(94)68-44-42-63-40-38-61(46-50-82-52-57-27-13-8-14-28-57)71(78(97)90(63)68)88-73(92)65(6-2)80-4/h7-18,25-36,58,61-71,79-82H,5-6,19-24,37-53H2,1-4H3,(H,83,95)(H,84,96)(H,85,91)(H,86,93)(H,87,94)(H,88,92)/t58-,61-,62+,63+,64+,65+,66-,67+,68+,69+,70+,71+/m1/s1. The lowest BCUT2D eigenvalue weighted by Gasteiger charge is -2.33. The molecule has 4 fully saturated rings. The average molecular weight is 1330 g/mol. The second-order valence-electron chi connectivity index (χ2n) is 27.1. The van der Waals surface area contributed by atoms with Crippen LogP contribution in [0.5, 0.6) is 0 Å². The Balaban J connectivity index is 0.716. The highest BCUT2D eigenvalue weighted by atomic mass is 16.2. The molecule has 522 valence electrons. The monoisotopic (exact) mass is 1320 g/mol. The van der Waals surface area contributed by atoms with Crippen LogP contribution in [-0.2, 0) is 59.5 Å². The highest BCUT2D eigenvalue weighted by molar-refractivity contribution is 5.96. The SMILES string of the molecule is CC[C@H](NC)C(=O)N[C@@H]1C(=O)N2[C@@H](CC[C@@H]1CCNCc1ccccc1)CC[C@H]2C(=O)N[C@H](C(=O)NCCCCc1ccc(CCCCNC(=O)[C@@H](NC(=O)[C@@H]2CC[C@@H]3CC[C@H](CCNCc4ccccc4)[C@H](NC(=O)[C@H](CC)NC)CN32)c2ccccc2)cc1)c1ccccc1. The smallest absolute Gasteiger partial charge is 0.247 e. The number of likely N-dealkylation sites (N-methyl/N-ethyl adjacent to an activating group) is 2. The van der Waals surface area contributed by atoms with Crippen LogP contribution in [0.2, 0.25) is 0 Å². The van der Waals surface area contributed by atoms with E-state index in [1.165, 1.54) is 22.3 Å². The highest BCUT2D eigenvalue weighted by Crippen LogP contribution is 2.37. The van der Waals surface area contributed by atoms with Crippen molar-refractivity contribution in [2.24, 2.45) is 11.8 Å². The molecular weight excluding hydrogens is 1220 g/mol. The van der Waals surface area contributed by atoms with E-state index in [1.54, 1.807) is 11.9 Å². The van der Waals surface area contributed by atoms with Gasteiger partial charge >= 0.3 is 0 Å². The molecule has 97 heavy (non-hydrogen) atoms. The summed E-state index contributed by atoms with van der Waals surface area (Å²) in [6.07, 6.45) is 13.7. The van der Waals surface area contributed by atoms with Crippen LogP contribution in [0.1, 0.15) is 162 Å².